The minimum absolute atomic E-state index is 0.0842. The summed E-state index contributed by atoms with van der Waals surface area (Å²) in [6, 6.07) is 9.86. The van der Waals surface area contributed by atoms with Gasteiger partial charge >= 0.3 is 0 Å². The molecule has 0 radical (unpaired) electrons. The van der Waals surface area contributed by atoms with E-state index in [4.69, 9.17) is 23.2 Å². The minimum atomic E-state index is -0.696. The van der Waals surface area contributed by atoms with Crippen LogP contribution in [0.1, 0.15) is 22.8 Å². The summed E-state index contributed by atoms with van der Waals surface area (Å²) in [5, 5.41) is 10.9. The molecule has 0 spiro atoms. The quantitative estimate of drug-likeness (QED) is 0.869. The molecule has 1 N–H and O–H groups in total. The Kier molecular flexibility index (Phi) is 4.46. The Morgan fingerprint density at radius 3 is 2.53 bits per heavy atom. The number of halogens is 3. The van der Waals surface area contributed by atoms with Crippen LogP contribution in [0.25, 0.3) is 0 Å². The zero-order valence-corrected chi connectivity index (χ0v) is 11.8. The van der Waals surface area contributed by atoms with Crippen molar-refractivity contribution >= 4 is 23.2 Å². The molecule has 0 bridgehead atoms. The summed E-state index contributed by atoms with van der Waals surface area (Å²) in [6.07, 6.45) is -0.367. The Bertz CT molecular complexity index is 599. The summed E-state index contributed by atoms with van der Waals surface area (Å²) in [6.45, 7) is 1.88. The van der Waals surface area contributed by atoms with Crippen molar-refractivity contribution in [2.45, 2.75) is 19.4 Å². The third kappa shape index (κ3) is 3.47. The molecule has 0 saturated heterocycles. The maximum absolute atomic E-state index is 13.3. The van der Waals surface area contributed by atoms with Crippen molar-refractivity contribution in [3.63, 3.8) is 0 Å². The summed E-state index contributed by atoms with van der Waals surface area (Å²) < 4.78 is 13.3. The maximum atomic E-state index is 13.3. The highest BCUT2D eigenvalue weighted by molar-refractivity contribution is 6.31. The van der Waals surface area contributed by atoms with Crippen molar-refractivity contribution in [1.29, 1.82) is 0 Å². The standard InChI is InChI=1S/C15H13Cl2FO/c1-9-6-11(16)3-4-12(9)15(19)8-10-2-5-13(17)14(18)7-10/h2-7,15,19H,8H2,1H3. The molecule has 1 atom stereocenters. The summed E-state index contributed by atoms with van der Waals surface area (Å²) in [7, 11) is 0. The van der Waals surface area contributed by atoms with Gasteiger partial charge in [0.25, 0.3) is 0 Å². The fraction of sp³-hybridized carbons (Fsp3) is 0.200. The lowest BCUT2D eigenvalue weighted by atomic mass is 9.98. The largest absolute Gasteiger partial charge is 0.388 e. The average molecular weight is 299 g/mol. The first kappa shape index (κ1) is 14.3. The highest BCUT2D eigenvalue weighted by atomic mass is 35.5. The van der Waals surface area contributed by atoms with Gasteiger partial charge in [-0.2, -0.15) is 0 Å². The molecule has 0 aliphatic rings. The van der Waals surface area contributed by atoms with Crippen LogP contribution in [0.2, 0.25) is 10.0 Å². The molecule has 1 unspecified atom stereocenters. The number of benzene rings is 2. The third-order valence-electron chi connectivity index (χ3n) is 3.00. The van der Waals surface area contributed by atoms with Gasteiger partial charge in [0, 0.05) is 11.4 Å². The van der Waals surface area contributed by atoms with Crippen LogP contribution in [-0.2, 0) is 6.42 Å². The minimum Gasteiger partial charge on any atom is -0.388 e. The van der Waals surface area contributed by atoms with Crippen LogP contribution >= 0.6 is 23.2 Å². The number of rotatable bonds is 3. The van der Waals surface area contributed by atoms with Crippen molar-refractivity contribution in [2.75, 3.05) is 0 Å². The molecule has 0 saturated carbocycles. The fourth-order valence-electron chi connectivity index (χ4n) is 2.01. The Hall–Kier alpha value is -1.09. The van der Waals surface area contributed by atoms with Gasteiger partial charge in [0.2, 0.25) is 0 Å². The third-order valence-corrected chi connectivity index (χ3v) is 3.55. The number of aliphatic hydroxyl groups excluding tert-OH is 1. The van der Waals surface area contributed by atoms with Gasteiger partial charge in [0.1, 0.15) is 5.82 Å². The number of aryl methyl sites for hydroxylation is 1. The van der Waals surface area contributed by atoms with E-state index in [0.29, 0.717) is 17.0 Å². The number of aliphatic hydroxyl groups is 1. The molecule has 0 aliphatic heterocycles. The van der Waals surface area contributed by atoms with Crippen LogP contribution in [0.15, 0.2) is 36.4 Å². The van der Waals surface area contributed by atoms with E-state index in [0.717, 1.165) is 11.1 Å². The maximum Gasteiger partial charge on any atom is 0.142 e. The van der Waals surface area contributed by atoms with E-state index in [1.54, 1.807) is 24.3 Å². The van der Waals surface area contributed by atoms with Crippen LogP contribution in [-0.4, -0.2) is 5.11 Å². The van der Waals surface area contributed by atoms with Gasteiger partial charge in [0.15, 0.2) is 0 Å². The molecule has 19 heavy (non-hydrogen) atoms. The fourth-order valence-corrected chi connectivity index (χ4v) is 2.36. The Balaban J connectivity index is 2.20. The monoisotopic (exact) mass is 298 g/mol. The first-order valence-electron chi connectivity index (χ1n) is 5.85. The lowest BCUT2D eigenvalue weighted by Gasteiger charge is -2.14. The van der Waals surface area contributed by atoms with Gasteiger partial charge in [-0.3, -0.25) is 0 Å². The average Bonchev–Trinajstić information content (AvgIpc) is 2.33. The second-order valence-electron chi connectivity index (χ2n) is 4.47. The number of hydrogen-bond acceptors (Lipinski definition) is 1. The Morgan fingerprint density at radius 1 is 1.16 bits per heavy atom. The summed E-state index contributed by atoms with van der Waals surface area (Å²) >= 11 is 11.5. The molecule has 0 heterocycles. The molecule has 100 valence electrons. The van der Waals surface area contributed by atoms with Gasteiger partial charge in [-0.25, -0.2) is 4.39 Å². The second kappa shape index (κ2) is 5.91. The van der Waals surface area contributed by atoms with Crippen molar-refractivity contribution in [3.05, 3.63) is 69.0 Å². The molecule has 1 nitrogen and oxygen atoms in total. The van der Waals surface area contributed by atoms with Crippen LogP contribution in [0, 0.1) is 12.7 Å². The molecular formula is C15H13Cl2FO. The molecule has 0 fully saturated rings. The Labute approximate surface area is 121 Å². The van der Waals surface area contributed by atoms with E-state index in [9.17, 15) is 9.50 Å². The lowest BCUT2D eigenvalue weighted by molar-refractivity contribution is 0.177. The van der Waals surface area contributed by atoms with E-state index in [1.165, 1.54) is 12.1 Å². The molecule has 2 aromatic rings. The zero-order valence-electron chi connectivity index (χ0n) is 10.3. The SMILES string of the molecule is Cc1cc(Cl)ccc1C(O)Cc1ccc(Cl)c(F)c1. The summed E-state index contributed by atoms with van der Waals surface area (Å²) in [5.74, 6) is -0.473. The van der Waals surface area contributed by atoms with Gasteiger partial charge in [-0.15, -0.1) is 0 Å². The first-order valence-corrected chi connectivity index (χ1v) is 6.61. The van der Waals surface area contributed by atoms with Gasteiger partial charge in [0.05, 0.1) is 11.1 Å². The summed E-state index contributed by atoms with van der Waals surface area (Å²) in [5.41, 5.74) is 2.40. The van der Waals surface area contributed by atoms with Crippen LogP contribution in [0.3, 0.4) is 0 Å². The molecule has 0 amide bonds. The molecule has 0 aromatic heterocycles. The second-order valence-corrected chi connectivity index (χ2v) is 5.31. The molecular weight excluding hydrogens is 286 g/mol. The smallest absolute Gasteiger partial charge is 0.142 e. The van der Waals surface area contributed by atoms with Crippen LogP contribution in [0.5, 0.6) is 0 Å². The van der Waals surface area contributed by atoms with Crippen molar-refractivity contribution < 1.29 is 9.50 Å². The molecule has 2 aromatic carbocycles. The molecule has 4 heteroatoms. The first-order chi connectivity index (χ1) is 8.97. The van der Waals surface area contributed by atoms with E-state index in [2.05, 4.69) is 0 Å². The number of hydrogen-bond donors (Lipinski definition) is 1. The Morgan fingerprint density at radius 2 is 1.89 bits per heavy atom. The van der Waals surface area contributed by atoms with Gasteiger partial charge < -0.3 is 5.11 Å². The van der Waals surface area contributed by atoms with E-state index >= 15 is 0 Å². The van der Waals surface area contributed by atoms with E-state index in [1.807, 2.05) is 6.92 Å². The highest BCUT2D eigenvalue weighted by Gasteiger charge is 2.12. The summed E-state index contributed by atoms with van der Waals surface area (Å²) in [4.78, 5) is 0. The van der Waals surface area contributed by atoms with Gasteiger partial charge in [-0.05, 0) is 47.9 Å². The zero-order chi connectivity index (χ0) is 14.0. The highest BCUT2D eigenvalue weighted by Crippen LogP contribution is 2.25. The topological polar surface area (TPSA) is 20.2 Å². The lowest BCUT2D eigenvalue weighted by Crippen LogP contribution is -2.04. The van der Waals surface area contributed by atoms with Crippen molar-refractivity contribution in [2.24, 2.45) is 0 Å². The molecule has 0 aliphatic carbocycles. The van der Waals surface area contributed by atoms with Crippen LogP contribution < -0.4 is 0 Å². The van der Waals surface area contributed by atoms with E-state index in [-0.39, 0.29) is 5.02 Å². The molecule has 2 rings (SSSR count). The normalized spacial score (nSPS) is 12.5. The van der Waals surface area contributed by atoms with E-state index < -0.39 is 11.9 Å². The predicted octanol–water partition coefficient (Wildman–Crippen LogP) is 4.72. The van der Waals surface area contributed by atoms with Crippen LogP contribution in [0.4, 0.5) is 4.39 Å². The van der Waals surface area contributed by atoms with Gasteiger partial charge in [-0.1, -0.05) is 35.3 Å². The predicted molar refractivity (Wildman–Crippen MR) is 76.3 cm³/mol. The van der Waals surface area contributed by atoms with Crippen molar-refractivity contribution in [1.82, 2.24) is 0 Å². The van der Waals surface area contributed by atoms with Crippen molar-refractivity contribution in [3.8, 4) is 0 Å².